The number of nitrogens with zero attached hydrogens (tertiary/aromatic N) is 3. The van der Waals surface area contributed by atoms with Crippen LogP contribution in [0.3, 0.4) is 0 Å². The van der Waals surface area contributed by atoms with E-state index in [2.05, 4.69) is 15.3 Å². The van der Waals surface area contributed by atoms with E-state index in [-0.39, 0.29) is 18.0 Å². The van der Waals surface area contributed by atoms with Crippen molar-refractivity contribution in [3.05, 3.63) is 105 Å². The molecular weight excluding hydrogens is 419 g/mol. The number of rotatable bonds is 5. The number of aryl methyl sites for hydroxylation is 1. The molecule has 0 aliphatic rings. The Hall–Kier alpha value is -3.58. The zero-order chi connectivity index (χ0) is 22.0. The van der Waals surface area contributed by atoms with Gasteiger partial charge >= 0.3 is 0 Å². The minimum Gasteiger partial charge on any atom is -0.346 e. The van der Waals surface area contributed by atoms with E-state index in [0.29, 0.717) is 39.4 Å². The third-order valence-corrected chi connectivity index (χ3v) is 5.13. The molecule has 0 saturated heterocycles. The van der Waals surface area contributed by atoms with E-state index in [9.17, 15) is 14.0 Å². The van der Waals surface area contributed by atoms with Gasteiger partial charge in [-0.1, -0.05) is 23.7 Å². The molecule has 3 heterocycles. The van der Waals surface area contributed by atoms with E-state index >= 15 is 0 Å². The van der Waals surface area contributed by atoms with E-state index in [4.69, 9.17) is 11.6 Å². The highest BCUT2D eigenvalue weighted by atomic mass is 35.5. The number of pyridine rings is 3. The number of hydrogen-bond acceptors (Lipinski definition) is 4. The first kappa shape index (κ1) is 20.7. The van der Waals surface area contributed by atoms with E-state index in [1.165, 1.54) is 12.1 Å². The average molecular weight is 437 g/mol. The van der Waals surface area contributed by atoms with Crippen LogP contribution in [0.15, 0.2) is 65.7 Å². The van der Waals surface area contributed by atoms with Gasteiger partial charge in [0.1, 0.15) is 5.82 Å². The molecular formula is C23H18ClFN4O2. The molecule has 1 N–H and O–H groups in total. The lowest BCUT2D eigenvalue weighted by molar-refractivity contribution is 0.0949. The molecule has 0 bridgehead atoms. The summed E-state index contributed by atoms with van der Waals surface area (Å²) >= 11 is 5.92. The fourth-order valence-electron chi connectivity index (χ4n) is 3.22. The maximum absolute atomic E-state index is 13.0. The van der Waals surface area contributed by atoms with Crippen molar-refractivity contribution < 1.29 is 9.18 Å². The van der Waals surface area contributed by atoms with Gasteiger partial charge in [-0.25, -0.2) is 4.39 Å². The third-order valence-electron chi connectivity index (χ3n) is 4.88. The van der Waals surface area contributed by atoms with Crippen LogP contribution in [0.5, 0.6) is 0 Å². The Balaban J connectivity index is 1.61. The quantitative estimate of drug-likeness (QED) is 0.515. The van der Waals surface area contributed by atoms with E-state index in [1.807, 2.05) is 12.1 Å². The van der Waals surface area contributed by atoms with Crippen molar-refractivity contribution in [1.29, 1.82) is 0 Å². The minimum atomic E-state index is -0.445. The van der Waals surface area contributed by atoms with Crippen molar-refractivity contribution in [2.24, 2.45) is 0 Å². The van der Waals surface area contributed by atoms with E-state index in [1.54, 1.807) is 42.0 Å². The highest BCUT2D eigenvalue weighted by Gasteiger charge is 2.14. The largest absolute Gasteiger partial charge is 0.346 e. The molecule has 3 aromatic heterocycles. The monoisotopic (exact) mass is 436 g/mol. The Morgan fingerprint density at radius 3 is 2.65 bits per heavy atom. The number of halogens is 2. The lowest BCUT2D eigenvalue weighted by Gasteiger charge is -2.11. The summed E-state index contributed by atoms with van der Waals surface area (Å²) in [4.78, 5) is 34.1. The normalized spacial score (nSPS) is 10.9. The number of carbonyl (C=O) groups is 1. The van der Waals surface area contributed by atoms with Crippen LogP contribution >= 0.6 is 11.6 Å². The lowest BCUT2D eigenvalue weighted by atomic mass is 10.1. The first-order valence-electron chi connectivity index (χ1n) is 9.54. The molecule has 0 radical (unpaired) electrons. The van der Waals surface area contributed by atoms with Gasteiger partial charge in [0, 0.05) is 11.2 Å². The number of benzene rings is 1. The summed E-state index contributed by atoms with van der Waals surface area (Å²) in [7, 11) is 0. The number of fused-ring (bicyclic) bond motifs is 1. The Labute approximate surface area is 182 Å². The zero-order valence-electron chi connectivity index (χ0n) is 16.6. The van der Waals surface area contributed by atoms with Crippen molar-refractivity contribution >= 4 is 28.4 Å². The molecule has 1 amide bonds. The average Bonchev–Trinajstić information content (AvgIpc) is 2.76. The summed E-state index contributed by atoms with van der Waals surface area (Å²) in [5.41, 5.74) is 2.53. The molecule has 4 rings (SSSR count). The zero-order valence-corrected chi connectivity index (χ0v) is 17.4. The topological polar surface area (TPSA) is 76.9 Å². The molecule has 31 heavy (non-hydrogen) atoms. The van der Waals surface area contributed by atoms with Crippen LogP contribution in [0.4, 0.5) is 4.39 Å². The second-order valence-electron chi connectivity index (χ2n) is 7.08. The van der Waals surface area contributed by atoms with Crippen LogP contribution in [0.25, 0.3) is 10.9 Å². The van der Waals surface area contributed by atoms with Crippen molar-refractivity contribution in [2.45, 2.75) is 20.0 Å². The predicted octanol–water partition coefficient (Wildman–Crippen LogP) is 3.87. The Morgan fingerprint density at radius 1 is 1.16 bits per heavy atom. The third kappa shape index (κ3) is 4.62. The molecule has 4 aromatic rings. The van der Waals surface area contributed by atoms with Gasteiger partial charge in [-0.05, 0) is 48.9 Å². The molecule has 0 fully saturated rings. The van der Waals surface area contributed by atoms with Gasteiger partial charge in [0.25, 0.3) is 11.5 Å². The summed E-state index contributed by atoms with van der Waals surface area (Å²) in [6.45, 7) is 2.22. The van der Waals surface area contributed by atoms with Crippen LogP contribution in [-0.2, 0) is 13.1 Å². The van der Waals surface area contributed by atoms with Gasteiger partial charge < -0.3 is 9.88 Å². The molecule has 1 aromatic carbocycles. The van der Waals surface area contributed by atoms with Gasteiger partial charge in [0.05, 0.1) is 47.1 Å². The molecule has 0 aliphatic heterocycles. The lowest BCUT2D eigenvalue weighted by Crippen LogP contribution is -2.26. The summed E-state index contributed by atoms with van der Waals surface area (Å²) in [6, 6.07) is 13.3. The molecule has 0 aliphatic carbocycles. The van der Waals surface area contributed by atoms with Gasteiger partial charge in [0.2, 0.25) is 0 Å². The fourth-order valence-corrected chi connectivity index (χ4v) is 3.35. The SMILES string of the molecule is Cc1nc2ccn(Cc3ccc(Cl)cc3)c(=O)c2cc1C(=O)NCc1ccc(F)cn1. The highest BCUT2D eigenvalue weighted by molar-refractivity contribution is 6.30. The summed E-state index contributed by atoms with van der Waals surface area (Å²) in [6.07, 6.45) is 2.78. The van der Waals surface area contributed by atoms with Crippen molar-refractivity contribution in [1.82, 2.24) is 19.9 Å². The van der Waals surface area contributed by atoms with Crippen molar-refractivity contribution in [2.75, 3.05) is 0 Å². The molecule has 0 unspecified atom stereocenters. The first-order valence-corrected chi connectivity index (χ1v) is 9.92. The molecule has 0 spiro atoms. The van der Waals surface area contributed by atoms with Gasteiger partial charge in [-0.15, -0.1) is 0 Å². The molecule has 156 valence electrons. The van der Waals surface area contributed by atoms with Crippen LogP contribution in [0.1, 0.15) is 27.3 Å². The number of carbonyl (C=O) groups excluding carboxylic acids is 1. The Morgan fingerprint density at radius 2 is 1.94 bits per heavy atom. The van der Waals surface area contributed by atoms with Gasteiger partial charge in [0.15, 0.2) is 0 Å². The van der Waals surface area contributed by atoms with E-state index in [0.717, 1.165) is 11.8 Å². The summed E-state index contributed by atoms with van der Waals surface area (Å²) < 4.78 is 14.5. The van der Waals surface area contributed by atoms with Crippen molar-refractivity contribution in [3.8, 4) is 0 Å². The molecule has 0 atom stereocenters. The fraction of sp³-hybridized carbons (Fsp3) is 0.130. The molecule has 8 heteroatoms. The van der Waals surface area contributed by atoms with Crippen molar-refractivity contribution in [3.63, 3.8) is 0 Å². The van der Waals surface area contributed by atoms with Gasteiger partial charge in [-0.3, -0.25) is 19.6 Å². The van der Waals surface area contributed by atoms with Gasteiger partial charge in [-0.2, -0.15) is 0 Å². The molecule has 0 saturated carbocycles. The Kier molecular flexibility index (Phi) is 5.77. The smallest absolute Gasteiger partial charge is 0.260 e. The Bertz CT molecular complexity index is 1320. The van der Waals surface area contributed by atoms with Crippen LogP contribution in [0, 0.1) is 12.7 Å². The predicted molar refractivity (Wildman–Crippen MR) is 117 cm³/mol. The maximum atomic E-state index is 13.0. The van der Waals surface area contributed by atoms with Crippen LogP contribution in [0.2, 0.25) is 5.02 Å². The first-order chi connectivity index (χ1) is 14.9. The summed E-state index contributed by atoms with van der Waals surface area (Å²) in [5.74, 6) is -0.829. The second kappa shape index (κ2) is 8.65. The number of amides is 1. The van der Waals surface area contributed by atoms with Crippen LogP contribution in [-0.4, -0.2) is 20.4 Å². The minimum absolute atomic E-state index is 0.131. The van der Waals surface area contributed by atoms with Crippen LogP contribution < -0.4 is 10.9 Å². The summed E-state index contributed by atoms with van der Waals surface area (Å²) in [5, 5.41) is 3.71. The maximum Gasteiger partial charge on any atom is 0.260 e. The standard InChI is InChI=1S/C23H18ClFN4O2/c1-14-19(22(30)27-12-18-7-6-17(25)11-26-18)10-20-21(28-14)8-9-29(23(20)31)13-15-2-4-16(24)5-3-15/h2-11H,12-13H2,1H3,(H,27,30). The number of hydrogen-bond donors (Lipinski definition) is 1. The van der Waals surface area contributed by atoms with E-state index < -0.39 is 5.82 Å². The molecule has 6 nitrogen and oxygen atoms in total. The second-order valence-corrected chi connectivity index (χ2v) is 7.52. The number of nitrogens with one attached hydrogen (secondary N) is 1. The number of aromatic nitrogens is 3. The highest BCUT2D eigenvalue weighted by Crippen LogP contribution is 2.15.